The molecule has 21 heavy (non-hydrogen) atoms. The van der Waals surface area contributed by atoms with Gasteiger partial charge in [0.25, 0.3) is 0 Å². The van der Waals surface area contributed by atoms with Gasteiger partial charge in [-0.05, 0) is 47.9 Å². The monoisotopic (exact) mass is 355 g/mol. The number of rotatable bonds is 2. The van der Waals surface area contributed by atoms with Gasteiger partial charge in [0, 0.05) is 24.0 Å². The number of amides is 1. The fourth-order valence-electron chi connectivity index (χ4n) is 2.99. The molecular formula is C17H23BrFNO. The van der Waals surface area contributed by atoms with E-state index in [0.717, 1.165) is 24.9 Å². The Morgan fingerprint density at radius 3 is 2.62 bits per heavy atom. The third kappa shape index (κ3) is 4.53. The number of likely N-dealkylation sites (tertiary alicyclic amines) is 1. The predicted molar refractivity (Wildman–Crippen MR) is 86.3 cm³/mol. The molecule has 116 valence electrons. The molecule has 1 fully saturated rings. The number of halogens is 2. The Balaban J connectivity index is 2.08. The Morgan fingerprint density at radius 1 is 1.29 bits per heavy atom. The van der Waals surface area contributed by atoms with E-state index in [1.165, 1.54) is 12.1 Å². The lowest BCUT2D eigenvalue weighted by Crippen LogP contribution is -2.30. The molecule has 1 unspecified atom stereocenters. The second-order valence-corrected chi connectivity index (χ2v) is 7.90. The second kappa shape index (κ2) is 6.47. The van der Waals surface area contributed by atoms with Gasteiger partial charge >= 0.3 is 0 Å². The largest absolute Gasteiger partial charge is 0.338 e. The summed E-state index contributed by atoms with van der Waals surface area (Å²) in [6.45, 7) is 7.96. The molecule has 0 spiro atoms. The number of nitrogens with zero attached hydrogens (tertiary/aromatic N) is 1. The van der Waals surface area contributed by atoms with E-state index in [1.807, 2.05) is 11.0 Å². The number of carbonyl (C=O) groups is 1. The van der Waals surface area contributed by atoms with Crippen LogP contribution in [0.25, 0.3) is 0 Å². The van der Waals surface area contributed by atoms with Gasteiger partial charge in [-0.15, -0.1) is 0 Å². The van der Waals surface area contributed by atoms with E-state index >= 15 is 0 Å². The van der Waals surface area contributed by atoms with E-state index in [-0.39, 0.29) is 17.1 Å². The fourth-order valence-corrected chi connectivity index (χ4v) is 3.51. The molecule has 1 atom stereocenters. The maximum atomic E-state index is 13.4. The average Bonchev–Trinajstić information content (AvgIpc) is 2.50. The minimum Gasteiger partial charge on any atom is -0.338 e. The van der Waals surface area contributed by atoms with E-state index < -0.39 is 0 Å². The lowest BCUT2D eigenvalue weighted by atomic mass is 9.77. The van der Waals surface area contributed by atoms with Crippen molar-refractivity contribution in [2.75, 3.05) is 6.54 Å². The summed E-state index contributed by atoms with van der Waals surface area (Å²) in [5, 5.41) is 0. The third-order valence-corrected chi connectivity index (χ3v) is 4.79. The Hall–Kier alpha value is -0.900. The standard InChI is InChI=1S/C17H23BrFNO/c1-17(2,3)13-4-5-16(21)20(7-6-13)11-12-8-14(18)10-15(19)9-12/h8-10,13H,4-7,11H2,1-3H3. The molecule has 0 N–H and O–H groups in total. The molecule has 0 radical (unpaired) electrons. The zero-order valence-corrected chi connectivity index (χ0v) is 14.5. The van der Waals surface area contributed by atoms with Gasteiger partial charge in [-0.1, -0.05) is 36.7 Å². The van der Waals surface area contributed by atoms with Crippen LogP contribution in [0.5, 0.6) is 0 Å². The summed E-state index contributed by atoms with van der Waals surface area (Å²) >= 11 is 3.30. The van der Waals surface area contributed by atoms with Crippen LogP contribution in [0.15, 0.2) is 22.7 Å². The molecule has 4 heteroatoms. The van der Waals surface area contributed by atoms with E-state index in [0.29, 0.717) is 23.4 Å². The second-order valence-electron chi connectivity index (χ2n) is 6.98. The minimum atomic E-state index is -0.269. The van der Waals surface area contributed by atoms with E-state index in [2.05, 4.69) is 36.7 Å². The van der Waals surface area contributed by atoms with Crippen molar-refractivity contribution >= 4 is 21.8 Å². The Bertz CT molecular complexity index is 504. The Labute approximate surface area is 134 Å². The van der Waals surface area contributed by atoms with Crippen LogP contribution in [0.2, 0.25) is 0 Å². The third-order valence-electron chi connectivity index (χ3n) is 4.33. The fraction of sp³-hybridized carbons (Fsp3) is 0.588. The van der Waals surface area contributed by atoms with Crippen molar-refractivity contribution in [2.24, 2.45) is 11.3 Å². The van der Waals surface area contributed by atoms with E-state index in [4.69, 9.17) is 0 Å². The topological polar surface area (TPSA) is 20.3 Å². The van der Waals surface area contributed by atoms with Gasteiger partial charge in [-0.25, -0.2) is 4.39 Å². The summed E-state index contributed by atoms with van der Waals surface area (Å²) in [5.74, 6) is 0.474. The van der Waals surface area contributed by atoms with Crippen molar-refractivity contribution in [3.63, 3.8) is 0 Å². The van der Waals surface area contributed by atoms with E-state index in [9.17, 15) is 9.18 Å². The normalized spacial score (nSPS) is 20.5. The molecule has 1 aliphatic rings. The molecule has 1 aromatic carbocycles. The summed E-state index contributed by atoms with van der Waals surface area (Å²) < 4.78 is 14.2. The number of benzene rings is 1. The van der Waals surface area contributed by atoms with Crippen molar-refractivity contribution in [3.05, 3.63) is 34.1 Å². The molecule has 1 aliphatic heterocycles. The van der Waals surface area contributed by atoms with Gasteiger partial charge in [0.15, 0.2) is 0 Å². The SMILES string of the molecule is CC(C)(C)C1CCC(=O)N(Cc2cc(F)cc(Br)c2)CC1. The maximum absolute atomic E-state index is 13.4. The molecular weight excluding hydrogens is 333 g/mol. The van der Waals surface area contributed by atoms with Crippen LogP contribution in [-0.2, 0) is 11.3 Å². The van der Waals surface area contributed by atoms with Crippen LogP contribution >= 0.6 is 15.9 Å². The highest BCUT2D eigenvalue weighted by molar-refractivity contribution is 9.10. The lowest BCUT2D eigenvalue weighted by Gasteiger charge is -2.29. The van der Waals surface area contributed by atoms with Crippen molar-refractivity contribution in [3.8, 4) is 0 Å². The molecule has 1 heterocycles. The molecule has 1 aromatic rings. The summed E-state index contributed by atoms with van der Waals surface area (Å²) in [6.07, 6.45) is 2.57. The Kier molecular flexibility index (Phi) is 5.07. The highest BCUT2D eigenvalue weighted by Crippen LogP contribution is 2.34. The van der Waals surface area contributed by atoms with Gasteiger partial charge in [0.2, 0.25) is 5.91 Å². The molecule has 1 saturated heterocycles. The highest BCUT2D eigenvalue weighted by atomic mass is 79.9. The molecule has 0 bridgehead atoms. The van der Waals surface area contributed by atoms with Crippen molar-refractivity contribution in [1.82, 2.24) is 4.90 Å². The van der Waals surface area contributed by atoms with Crippen molar-refractivity contribution in [2.45, 2.75) is 46.6 Å². The highest BCUT2D eigenvalue weighted by Gasteiger charge is 2.29. The minimum absolute atomic E-state index is 0.183. The Morgan fingerprint density at radius 2 is 2.00 bits per heavy atom. The van der Waals surface area contributed by atoms with E-state index in [1.54, 1.807) is 0 Å². The summed E-state index contributed by atoms with van der Waals surface area (Å²) in [5.41, 5.74) is 1.07. The van der Waals surface area contributed by atoms with Crippen LogP contribution in [0, 0.1) is 17.2 Å². The van der Waals surface area contributed by atoms with Crippen LogP contribution in [-0.4, -0.2) is 17.4 Å². The molecule has 0 saturated carbocycles. The zero-order valence-electron chi connectivity index (χ0n) is 13.0. The van der Waals surface area contributed by atoms with Crippen LogP contribution in [0.1, 0.15) is 45.6 Å². The molecule has 1 amide bonds. The number of carbonyl (C=O) groups excluding carboxylic acids is 1. The van der Waals surface area contributed by atoms with Crippen LogP contribution < -0.4 is 0 Å². The van der Waals surface area contributed by atoms with Crippen LogP contribution in [0.3, 0.4) is 0 Å². The van der Waals surface area contributed by atoms with Gasteiger partial charge < -0.3 is 4.90 Å². The smallest absolute Gasteiger partial charge is 0.222 e. The maximum Gasteiger partial charge on any atom is 0.222 e. The van der Waals surface area contributed by atoms with Gasteiger partial charge in [-0.2, -0.15) is 0 Å². The molecule has 2 nitrogen and oxygen atoms in total. The molecule has 2 rings (SSSR count). The van der Waals surface area contributed by atoms with Gasteiger partial charge in [-0.3, -0.25) is 4.79 Å². The summed E-state index contributed by atoms with van der Waals surface area (Å²) in [7, 11) is 0. The summed E-state index contributed by atoms with van der Waals surface area (Å²) in [4.78, 5) is 14.1. The molecule has 0 aromatic heterocycles. The van der Waals surface area contributed by atoms with Gasteiger partial charge in [0.1, 0.15) is 5.82 Å². The first-order valence-electron chi connectivity index (χ1n) is 7.48. The first kappa shape index (κ1) is 16.5. The predicted octanol–water partition coefficient (Wildman–Crippen LogP) is 4.76. The van der Waals surface area contributed by atoms with Crippen molar-refractivity contribution < 1.29 is 9.18 Å². The first-order valence-corrected chi connectivity index (χ1v) is 8.28. The lowest BCUT2D eigenvalue weighted by molar-refractivity contribution is -0.131. The van der Waals surface area contributed by atoms with Crippen molar-refractivity contribution in [1.29, 1.82) is 0 Å². The average molecular weight is 356 g/mol. The number of hydrogen-bond acceptors (Lipinski definition) is 1. The number of hydrogen-bond donors (Lipinski definition) is 0. The van der Waals surface area contributed by atoms with Crippen LogP contribution in [0.4, 0.5) is 4.39 Å². The van der Waals surface area contributed by atoms with Gasteiger partial charge in [0.05, 0.1) is 0 Å². The zero-order chi connectivity index (χ0) is 15.6. The quantitative estimate of drug-likeness (QED) is 0.748. The molecule has 0 aliphatic carbocycles. The first-order chi connectivity index (χ1) is 9.75. The summed E-state index contributed by atoms with van der Waals surface area (Å²) in [6, 6.07) is 4.82.